The minimum absolute atomic E-state index is 0.495. The second-order valence-corrected chi connectivity index (χ2v) is 4.66. The summed E-state index contributed by atoms with van der Waals surface area (Å²) in [6.07, 6.45) is 2.63. The molecular formula is C16H20N2O. The van der Waals surface area contributed by atoms with Crippen LogP contribution in [0.15, 0.2) is 36.5 Å². The van der Waals surface area contributed by atoms with Crippen LogP contribution in [0.25, 0.3) is 0 Å². The van der Waals surface area contributed by atoms with Gasteiger partial charge in [-0.1, -0.05) is 24.3 Å². The number of nitrogens with zero attached hydrogens (tertiary/aromatic N) is 1. The highest BCUT2D eigenvalue weighted by Gasteiger charge is 2.08. The third-order valence-electron chi connectivity index (χ3n) is 3.18. The quantitative estimate of drug-likeness (QED) is 0.895. The Morgan fingerprint density at radius 3 is 2.63 bits per heavy atom. The molecule has 1 heterocycles. The normalized spacial score (nSPS) is 10.5. The summed E-state index contributed by atoms with van der Waals surface area (Å²) in [5, 5.41) is 0. The van der Waals surface area contributed by atoms with E-state index in [1.165, 1.54) is 0 Å². The van der Waals surface area contributed by atoms with Crippen molar-refractivity contribution < 1.29 is 4.74 Å². The Labute approximate surface area is 114 Å². The molecule has 0 radical (unpaired) electrons. The molecule has 0 aliphatic carbocycles. The Bertz CT molecular complexity index is 552. The van der Waals surface area contributed by atoms with Gasteiger partial charge in [0.05, 0.1) is 5.69 Å². The second kappa shape index (κ2) is 6.34. The molecule has 3 nitrogen and oxygen atoms in total. The van der Waals surface area contributed by atoms with Crippen molar-refractivity contribution >= 4 is 0 Å². The highest BCUT2D eigenvalue weighted by Crippen LogP contribution is 2.24. The van der Waals surface area contributed by atoms with E-state index in [2.05, 4.69) is 24.0 Å². The second-order valence-electron chi connectivity index (χ2n) is 4.66. The van der Waals surface area contributed by atoms with Crippen molar-refractivity contribution in [2.75, 3.05) is 6.54 Å². The topological polar surface area (TPSA) is 48.1 Å². The minimum Gasteiger partial charge on any atom is -0.487 e. The summed E-state index contributed by atoms with van der Waals surface area (Å²) in [7, 11) is 0. The van der Waals surface area contributed by atoms with Gasteiger partial charge in [-0.25, -0.2) is 0 Å². The summed E-state index contributed by atoms with van der Waals surface area (Å²) in [5.41, 5.74) is 10.1. The zero-order valence-corrected chi connectivity index (χ0v) is 11.5. The maximum absolute atomic E-state index is 5.97. The lowest BCUT2D eigenvalue weighted by atomic mass is 10.1. The molecule has 0 aliphatic heterocycles. The van der Waals surface area contributed by atoms with Crippen LogP contribution >= 0.6 is 0 Å². The van der Waals surface area contributed by atoms with Crippen LogP contribution in [0.2, 0.25) is 0 Å². The Balaban J connectivity index is 2.17. The zero-order chi connectivity index (χ0) is 13.7. The van der Waals surface area contributed by atoms with Gasteiger partial charge in [0.2, 0.25) is 0 Å². The van der Waals surface area contributed by atoms with Crippen LogP contribution in [0.1, 0.15) is 22.4 Å². The largest absolute Gasteiger partial charge is 0.487 e. The average molecular weight is 256 g/mol. The van der Waals surface area contributed by atoms with Gasteiger partial charge in [-0.05, 0) is 49.6 Å². The highest BCUT2D eigenvalue weighted by atomic mass is 16.5. The fourth-order valence-corrected chi connectivity index (χ4v) is 2.08. The lowest BCUT2D eigenvalue weighted by Crippen LogP contribution is -2.07. The molecule has 0 fully saturated rings. The molecule has 0 saturated heterocycles. The highest BCUT2D eigenvalue weighted by molar-refractivity contribution is 5.41. The Kier molecular flexibility index (Phi) is 4.53. The SMILES string of the molecule is Cc1cccnc1COc1c(C)cccc1CCN. The predicted octanol–water partition coefficient (Wildman–Crippen LogP) is 2.78. The van der Waals surface area contributed by atoms with Gasteiger partial charge >= 0.3 is 0 Å². The van der Waals surface area contributed by atoms with Gasteiger partial charge in [-0.3, -0.25) is 4.98 Å². The molecule has 0 unspecified atom stereocenters. The van der Waals surface area contributed by atoms with Gasteiger partial charge in [-0.2, -0.15) is 0 Å². The maximum atomic E-state index is 5.97. The molecule has 0 saturated carbocycles. The third-order valence-corrected chi connectivity index (χ3v) is 3.18. The summed E-state index contributed by atoms with van der Waals surface area (Å²) in [6, 6.07) is 10.1. The van der Waals surface area contributed by atoms with Gasteiger partial charge < -0.3 is 10.5 Å². The molecule has 0 spiro atoms. The third kappa shape index (κ3) is 3.32. The van der Waals surface area contributed by atoms with E-state index in [9.17, 15) is 0 Å². The van der Waals surface area contributed by atoms with E-state index < -0.39 is 0 Å². The molecule has 2 N–H and O–H groups in total. The summed E-state index contributed by atoms with van der Waals surface area (Å²) in [4.78, 5) is 4.35. The van der Waals surface area contributed by atoms with Crippen LogP contribution in [0.3, 0.4) is 0 Å². The van der Waals surface area contributed by atoms with Crippen LogP contribution in [-0.4, -0.2) is 11.5 Å². The summed E-state index contributed by atoms with van der Waals surface area (Å²) >= 11 is 0. The number of ether oxygens (including phenoxy) is 1. The number of nitrogens with two attached hydrogens (primary N) is 1. The lowest BCUT2D eigenvalue weighted by Gasteiger charge is -2.14. The van der Waals surface area contributed by atoms with Crippen molar-refractivity contribution in [1.82, 2.24) is 4.98 Å². The van der Waals surface area contributed by atoms with Crippen LogP contribution in [0.4, 0.5) is 0 Å². The molecular weight excluding hydrogens is 236 g/mol. The van der Waals surface area contributed by atoms with Crippen molar-refractivity contribution in [3.63, 3.8) is 0 Å². The van der Waals surface area contributed by atoms with Crippen molar-refractivity contribution in [2.45, 2.75) is 26.9 Å². The number of benzene rings is 1. The summed E-state index contributed by atoms with van der Waals surface area (Å²) in [6.45, 7) is 5.22. The Hall–Kier alpha value is -1.87. The van der Waals surface area contributed by atoms with E-state index in [4.69, 9.17) is 10.5 Å². The lowest BCUT2D eigenvalue weighted by molar-refractivity contribution is 0.295. The summed E-state index contributed by atoms with van der Waals surface area (Å²) in [5.74, 6) is 0.943. The van der Waals surface area contributed by atoms with E-state index in [0.717, 1.165) is 34.6 Å². The van der Waals surface area contributed by atoms with Gasteiger partial charge in [-0.15, -0.1) is 0 Å². The standard InChI is InChI=1S/C16H20N2O/c1-12-6-4-10-18-15(12)11-19-16-13(2)5-3-7-14(16)8-9-17/h3-7,10H,8-9,11,17H2,1-2H3. The average Bonchev–Trinajstić information content (AvgIpc) is 2.40. The molecule has 0 bridgehead atoms. The number of rotatable bonds is 5. The van der Waals surface area contributed by atoms with E-state index in [1.807, 2.05) is 25.1 Å². The number of pyridine rings is 1. The molecule has 19 heavy (non-hydrogen) atoms. The van der Waals surface area contributed by atoms with Crippen LogP contribution in [0.5, 0.6) is 5.75 Å². The monoisotopic (exact) mass is 256 g/mol. The first kappa shape index (κ1) is 13.6. The first-order valence-corrected chi connectivity index (χ1v) is 6.54. The van der Waals surface area contributed by atoms with Crippen LogP contribution in [-0.2, 0) is 13.0 Å². The van der Waals surface area contributed by atoms with Crippen molar-refractivity contribution in [3.05, 3.63) is 58.9 Å². The predicted molar refractivity (Wildman–Crippen MR) is 77.2 cm³/mol. The van der Waals surface area contributed by atoms with Crippen molar-refractivity contribution in [3.8, 4) is 5.75 Å². The molecule has 0 aliphatic rings. The first-order valence-electron chi connectivity index (χ1n) is 6.54. The van der Waals surface area contributed by atoms with E-state index in [0.29, 0.717) is 13.2 Å². The molecule has 0 amide bonds. The molecule has 2 aromatic rings. The van der Waals surface area contributed by atoms with Crippen LogP contribution < -0.4 is 10.5 Å². The number of hydrogen-bond acceptors (Lipinski definition) is 3. The number of aromatic nitrogens is 1. The number of hydrogen-bond donors (Lipinski definition) is 1. The minimum atomic E-state index is 0.495. The van der Waals surface area contributed by atoms with Gasteiger partial charge in [0.1, 0.15) is 12.4 Å². The fourth-order valence-electron chi connectivity index (χ4n) is 2.08. The fraction of sp³-hybridized carbons (Fsp3) is 0.312. The molecule has 3 heteroatoms. The van der Waals surface area contributed by atoms with Crippen LogP contribution in [0, 0.1) is 13.8 Å². The molecule has 100 valence electrons. The zero-order valence-electron chi connectivity index (χ0n) is 11.5. The van der Waals surface area contributed by atoms with E-state index >= 15 is 0 Å². The van der Waals surface area contributed by atoms with Crippen molar-refractivity contribution in [2.24, 2.45) is 5.73 Å². The molecule has 1 aromatic carbocycles. The smallest absolute Gasteiger partial charge is 0.130 e. The molecule has 1 aromatic heterocycles. The summed E-state index contributed by atoms with van der Waals surface area (Å²) < 4.78 is 5.97. The van der Waals surface area contributed by atoms with Gasteiger partial charge in [0.15, 0.2) is 0 Å². The Morgan fingerprint density at radius 2 is 1.89 bits per heavy atom. The Morgan fingerprint density at radius 1 is 1.11 bits per heavy atom. The van der Waals surface area contributed by atoms with Gasteiger partial charge in [0, 0.05) is 6.20 Å². The van der Waals surface area contributed by atoms with Crippen molar-refractivity contribution in [1.29, 1.82) is 0 Å². The first-order chi connectivity index (χ1) is 9.22. The number of aryl methyl sites for hydroxylation is 2. The molecule has 0 atom stereocenters. The van der Waals surface area contributed by atoms with E-state index in [-0.39, 0.29) is 0 Å². The van der Waals surface area contributed by atoms with Gasteiger partial charge in [0.25, 0.3) is 0 Å². The molecule has 2 rings (SSSR count). The number of para-hydroxylation sites is 1. The maximum Gasteiger partial charge on any atom is 0.130 e. The van der Waals surface area contributed by atoms with E-state index in [1.54, 1.807) is 6.20 Å².